The third-order valence-corrected chi connectivity index (χ3v) is 3.75. The fraction of sp³-hybridized carbons (Fsp3) is 0.923. The van der Waals surface area contributed by atoms with Crippen LogP contribution in [-0.2, 0) is 4.79 Å². The van der Waals surface area contributed by atoms with E-state index in [4.69, 9.17) is 5.73 Å². The molecule has 102 valence electrons. The molecule has 0 aliphatic heterocycles. The lowest BCUT2D eigenvalue weighted by Crippen LogP contribution is -2.36. The van der Waals surface area contributed by atoms with Crippen molar-refractivity contribution in [3.63, 3.8) is 0 Å². The van der Waals surface area contributed by atoms with Gasteiger partial charge in [0, 0.05) is 26.1 Å². The van der Waals surface area contributed by atoms with Crippen LogP contribution in [0.5, 0.6) is 0 Å². The number of rotatable bonds is 5. The van der Waals surface area contributed by atoms with E-state index in [9.17, 15) is 4.79 Å². The Morgan fingerprint density at radius 1 is 1.35 bits per heavy atom. The van der Waals surface area contributed by atoms with Crippen LogP contribution in [0.3, 0.4) is 0 Å². The molecule has 1 unspecified atom stereocenters. The Hall–Kier alpha value is -0.280. The summed E-state index contributed by atoms with van der Waals surface area (Å²) in [6, 6.07) is 0. The standard InChI is InChI=1S/C13H26N2O.ClH/c1-11(10-14)13(16)15(2)9-8-12-6-4-3-5-7-12;/h11-12H,3-10,14H2,1-2H3;1H. The van der Waals surface area contributed by atoms with Gasteiger partial charge in [-0.05, 0) is 12.3 Å². The first-order chi connectivity index (χ1) is 7.65. The lowest BCUT2D eigenvalue weighted by Gasteiger charge is -2.26. The number of halogens is 1. The normalized spacial score (nSPS) is 18.3. The Balaban J connectivity index is 0.00000256. The smallest absolute Gasteiger partial charge is 0.226 e. The number of carbonyl (C=O) groups excluding carboxylic acids is 1. The molecule has 2 N–H and O–H groups in total. The summed E-state index contributed by atoms with van der Waals surface area (Å²) in [6.45, 7) is 3.25. The maximum Gasteiger partial charge on any atom is 0.226 e. The summed E-state index contributed by atoms with van der Waals surface area (Å²) in [4.78, 5) is 13.6. The molecule has 0 saturated heterocycles. The van der Waals surface area contributed by atoms with E-state index in [-0.39, 0.29) is 24.2 Å². The first-order valence-corrected chi connectivity index (χ1v) is 6.60. The zero-order valence-electron chi connectivity index (χ0n) is 11.2. The minimum atomic E-state index is -0.0312. The van der Waals surface area contributed by atoms with Gasteiger partial charge in [0.25, 0.3) is 0 Å². The van der Waals surface area contributed by atoms with E-state index in [1.165, 1.54) is 38.5 Å². The van der Waals surface area contributed by atoms with Gasteiger partial charge >= 0.3 is 0 Å². The fourth-order valence-electron chi connectivity index (χ4n) is 2.44. The van der Waals surface area contributed by atoms with E-state index >= 15 is 0 Å². The van der Waals surface area contributed by atoms with Crippen LogP contribution in [0.15, 0.2) is 0 Å². The summed E-state index contributed by atoms with van der Waals surface area (Å²) < 4.78 is 0. The minimum absolute atomic E-state index is 0. The molecule has 0 heterocycles. The summed E-state index contributed by atoms with van der Waals surface area (Å²) in [5.74, 6) is 1.01. The number of nitrogens with zero attached hydrogens (tertiary/aromatic N) is 1. The third-order valence-electron chi connectivity index (χ3n) is 3.75. The lowest BCUT2D eigenvalue weighted by molar-refractivity contribution is -0.133. The van der Waals surface area contributed by atoms with Crippen molar-refractivity contribution in [3.8, 4) is 0 Å². The summed E-state index contributed by atoms with van der Waals surface area (Å²) in [5, 5.41) is 0. The molecule has 1 fully saturated rings. The highest BCUT2D eigenvalue weighted by Crippen LogP contribution is 2.26. The van der Waals surface area contributed by atoms with Crippen molar-refractivity contribution in [2.75, 3.05) is 20.1 Å². The van der Waals surface area contributed by atoms with Crippen LogP contribution in [0.2, 0.25) is 0 Å². The highest BCUT2D eigenvalue weighted by atomic mass is 35.5. The van der Waals surface area contributed by atoms with Crippen molar-refractivity contribution in [2.45, 2.75) is 45.4 Å². The predicted molar refractivity (Wildman–Crippen MR) is 74.3 cm³/mol. The molecule has 4 heteroatoms. The Labute approximate surface area is 112 Å². The molecule has 1 atom stereocenters. The quantitative estimate of drug-likeness (QED) is 0.827. The Morgan fingerprint density at radius 3 is 2.47 bits per heavy atom. The molecule has 0 aromatic carbocycles. The van der Waals surface area contributed by atoms with Gasteiger partial charge in [0.1, 0.15) is 0 Å². The van der Waals surface area contributed by atoms with Gasteiger partial charge in [-0.15, -0.1) is 12.4 Å². The molecule has 17 heavy (non-hydrogen) atoms. The highest BCUT2D eigenvalue weighted by molar-refractivity contribution is 5.85. The Kier molecular flexibility index (Phi) is 8.61. The first-order valence-electron chi connectivity index (χ1n) is 6.60. The monoisotopic (exact) mass is 262 g/mol. The molecule has 0 spiro atoms. The molecule has 1 rings (SSSR count). The van der Waals surface area contributed by atoms with Gasteiger partial charge in [0.2, 0.25) is 5.91 Å². The Bertz CT molecular complexity index is 217. The van der Waals surface area contributed by atoms with Gasteiger partial charge in [-0.2, -0.15) is 0 Å². The second kappa shape index (κ2) is 8.76. The van der Waals surface area contributed by atoms with Crippen LogP contribution in [0.1, 0.15) is 45.4 Å². The van der Waals surface area contributed by atoms with Crippen LogP contribution in [0.25, 0.3) is 0 Å². The van der Waals surface area contributed by atoms with Gasteiger partial charge in [-0.25, -0.2) is 0 Å². The fourth-order valence-corrected chi connectivity index (χ4v) is 2.44. The topological polar surface area (TPSA) is 46.3 Å². The molecule has 0 bridgehead atoms. The van der Waals surface area contributed by atoms with E-state index in [0.29, 0.717) is 6.54 Å². The van der Waals surface area contributed by atoms with Crippen LogP contribution in [-0.4, -0.2) is 30.9 Å². The molecule has 1 amide bonds. The van der Waals surface area contributed by atoms with Crippen LogP contribution < -0.4 is 5.73 Å². The van der Waals surface area contributed by atoms with Gasteiger partial charge in [0.15, 0.2) is 0 Å². The number of hydrogen-bond donors (Lipinski definition) is 1. The average molecular weight is 263 g/mol. The van der Waals surface area contributed by atoms with Gasteiger partial charge in [-0.3, -0.25) is 4.79 Å². The molecule has 3 nitrogen and oxygen atoms in total. The molecule has 1 aliphatic carbocycles. The van der Waals surface area contributed by atoms with Crippen molar-refractivity contribution in [3.05, 3.63) is 0 Å². The Morgan fingerprint density at radius 2 is 1.94 bits per heavy atom. The molecule has 1 saturated carbocycles. The van der Waals surface area contributed by atoms with Gasteiger partial charge < -0.3 is 10.6 Å². The second-order valence-electron chi connectivity index (χ2n) is 5.19. The predicted octanol–water partition coefficient (Wildman–Crippen LogP) is 2.43. The molecular formula is C13H27ClN2O. The van der Waals surface area contributed by atoms with E-state index < -0.39 is 0 Å². The largest absolute Gasteiger partial charge is 0.345 e. The van der Waals surface area contributed by atoms with Crippen LogP contribution in [0.4, 0.5) is 0 Å². The van der Waals surface area contributed by atoms with Crippen LogP contribution in [0, 0.1) is 11.8 Å². The second-order valence-corrected chi connectivity index (χ2v) is 5.19. The van der Waals surface area contributed by atoms with E-state index in [1.807, 2.05) is 18.9 Å². The van der Waals surface area contributed by atoms with Crippen LogP contribution >= 0.6 is 12.4 Å². The zero-order valence-corrected chi connectivity index (χ0v) is 12.0. The SMILES string of the molecule is CC(CN)C(=O)N(C)CCC1CCCCC1.Cl. The maximum absolute atomic E-state index is 11.8. The van der Waals surface area contributed by atoms with E-state index in [2.05, 4.69) is 0 Å². The van der Waals surface area contributed by atoms with E-state index in [0.717, 1.165) is 12.5 Å². The molecule has 1 aliphatic rings. The van der Waals surface area contributed by atoms with Crippen molar-refractivity contribution < 1.29 is 4.79 Å². The number of nitrogens with two attached hydrogens (primary N) is 1. The molecule has 0 aromatic rings. The number of carbonyl (C=O) groups is 1. The third kappa shape index (κ3) is 5.73. The molecule has 0 radical (unpaired) electrons. The maximum atomic E-state index is 11.8. The summed E-state index contributed by atoms with van der Waals surface area (Å²) in [5.41, 5.74) is 5.50. The van der Waals surface area contributed by atoms with Crippen molar-refractivity contribution in [1.82, 2.24) is 4.90 Å². The number of hydrogen-bond acceptors (Lipinski definition) is 2. The van der Waals surface area contributed by atoms with Crippen molar-refractivity contribution in [2.24, 2.45) is 17.6 Å². The van der Waals surface area contributed by atoms with Gasteiger partial charge in [-0.1, -0.05) is 39.0 Å². The van der Waals surface area contributed by atoms with Gasteiger partial charge in [0.05, 0.1) is 0 Å². The van der Waals surface area contributed by atoms with Crippen molar-refractivity contribution >= 4 is 18.3 Å². The summed E-state index contributed by atoms with van der Waals surface area (Å²) in [6.07, 6.45) is 8.03. The minimum Gasteiger partial charge on any atom is -0.345 e. The van der Waals surface area contributed by atoms with E-state index in [1.54, 1.807) is 0 Å². The molecular weight excluding hydrogens is 236 g/mol. The zero-order chi connectivity index (χ0) is 12.0. The average Bonchev–Trinajstić information content (AvgIpc) is 2.35. The lowest BCUT2D eigenvalue weighted by atomic mass is 9.87. The molecule has 0 aromatic heterocycles. The first kappa shape index (κ1) is 16.7. The van der Waals surface area contributed by atoms with Crippen molar-refractivity contribution in [1.29, 1.82) is 0 Å². The summed E-state index contributed by atoms with van der Waals surface area (Å²) >= 11 is 0. The number of amides is 1. The summed E-state index contributed by atoms with van der Waals surface area (Å²) in [7, 11) is 1.90. The highest BCUT2D eigenvalue weighted by Gasteiger charge is 2.18.